The van der Waals surface area contributed by atoms with Gasteiger partial charge in [0.1, 0.15) is 0 Å². The van der Waals surface area contributed by atoms with E-state index in [0.29, 0.717) is 5.56 Å². The highest BCUT2D eigenvalue weighted by molar-refractivity contribution is 7.99. The predicted molar refractivity (Wildman–Crippen MR) is 96.9 cm³/mol. The van der Waals surface area contributed by atoms with Crippen molar-refractivity contribution in [2.75, 3.05) is 5.75 Å². The monoisotopic (exact) mass is 361 g/mol. The maximum Gasteiger partial charge on any atom is 0.317 e. The molecule has 0 spiro atoms. The summed E-state index contributed by atoms with van der Waals surface area (Å²) >= 11 is 3.17. The van der Waals surface area contributed by atoms with Gasteiger partial charge in [0.25, 0.3) is 5.91 Å². The summed E-state index contributed by atoms with van der Waals surface area (Å²) in [6.45, 7) is 0. The van der Waals surface area contributed by atoms with Crippen molar-refractivity contribution in [2.24, 2.45) is 0 Å². The van der Waals surface area contributed by atoms with Crippen LogP contribution in [0, 0.1) is 0 Å². The lowest BCUT2D eigenvalue weighted by molar-refractivity contribution is -0.154. The summed E-state index contributed by atoms with van der Waals surface area (Å²) in [6, 6.07) is 13.4. The van der Waals surface area contributed by atoms with Crippen molar-refractivity contribution >= 4 is 35.0 Å². The topological polar surface area (TPSA) is 55.4 Å². The summed E-state index contributed by atoms with van der Waals surface area (Å²) in [4.78, 5) is 25.8. The van der Waals surface area contributed by atoms with Crippen molar-refractivity contribution in [3.63, 3.8) is 0 Å². The second-order valence-electron chi connectivity index (χ2n) is 5.64. The van der Waals surface area contributed by atoms with Crippen LogP contribution < -0.4 is 5.32 Å². The van der Waals surface area contributed by atoms with Gasteiger partial charge in [-0.2, -0.15) is 0 Å². The molecule has 0 radical (unpaired) electrons. The molecule has 0 bridgehead atoms. The maximum atomic E-state index is 12.4. The smallest absolute Gasteiger partial charge is 0.317 e. The zero-order chi connectivity index (χ0) is 16.8. The Morgan fingerprint density at radius 1 is 1.21 bits per heavy atom. The fourth-order valence-electron chi connectivity index (χ4n) is 2.20. The van der Waals surface area contributed by atoms with E-state index in [-0.39, 0.29) is 23.7 Å². The summed E-state index contributed by atoms with van der Waals surface area (Å²) in [5.74, 6) is 0.409. The van der Waals surface area contributed by atoms with Crippen LogP contribution in [-0.2, 0) is 20.1 Å². The number of carbonyl (C=O) groups is 2. The summed E-state index contributed by atoms with van der Waals surface area (Å²) in [7, 11) is 0. The third-order valence-electron chi connectivity index (χ3n) is 3.56. The lowest BCUT2D eigenvalue weighted by atomic mass is 10.1. The van der Waals surface area contributed by atoms with E-state index in [1.807, 2.05) is 47.8 Å². The second kappa shape index (κ2) is 8.35. The van der Waals surface area contributed by atoms with Crippen LogP contribution in [0.2, 0.25) is 0 Å². The number of hydrogen-bond acceptors (Lipinski definition) is 5. The van der Waals surface area contributed by atoms with Gasteiger partial charge >= 0.3 is 5.97 Å². The average molecular weight is 361 g/mol. The highest BCUT2D eigenvalue weighted by atomic mass is 32.2. The number of thiophene rings is 1. The van der Waals surface area contributed by atoms with Crippen molar-refractivity contribution in [2.45, 2.75) is 30.7 Å². The van der Waals surface area contributed by atoms with E-state index in [4.69, 9.17) is 4.74 Å². The van der Waals surface area contributed by atoms with Gasteiger partial charge in [-0.1, -0.05) is 36.4 Å². The van der Waals surface area contributed by atoms with Gasteiger partial charge in [-0.3, -0.25) is 9.59 Å². The molecule has 6 heteroatoms. The number of ether oxygens (including phenoxy) is 1. The highest BCUT2D eigenvalue weighted by Crippen LogP contribution is 2.24. The third-order valence-corrected chi connectivity index (χ3v) is 5.57. The predicted octanol–water partition coefficient (Wildman–Crippen LogP) is 3.54. The van der Waals surface area contributed by atoms with Crippen LogP contribution in [0.5, 0.6) is 0 Å². The van der Waals surface area contributed by atoms with Gasteiger partial charge in [-0.05, 0) is 24.3 Å². The number of thioether (sulfide) groups is 1. The molecule has 0 aliphatic heterocycles. The Morgan fingerprint density at radius 2 is 2.00 bits per heavy atom. The molecule has 0 unspecified atom stereocenters. The fraction of sp³-hybridized carbons (Fsp3) is 0.333. The molecule has 1 aliphatic rings. The Bertz CT molecular complexity index is 669. The molecule has 24 heavy (non-hydrogen) atoms. The minimum Gasteiger partial charge on any atom is -0.447 e. The van der Waals surface area contributed by atoms with Crippen LogP contribution in [-0.4, -0.2) is 23.7 Å². The zero-order valence-electron chi connectivity index (χ0n) is 13.1. The van der Waals surface area contributed by atoms with Crippen LogP contribution in [0.1, 0.15) is 29.4 Å². The molecule has 1 saturated carbocycles. The molecule has 126 valence electrons. The van der Waals surface area contributed by atoms with Gasteiger partial charge in [0, 0.05) is 22.2 Å². The van der Waals surface area contributed by atoms with E-state index >= 15 is 0 Å². The van der Waals surface area contributed by atoms with Gasteiger partial charge in [0.15, 0.2) is 0 Å². The van der Waals surface area contributed by atoms with Crippen molar-refractivity contribution < 1.29 is 14.3 Å². The fourth-order valence-corrected chi connectivity index (χ4v) is 3.85. The van der Waals surface area contributed by atoms with E-state index in [1.54, 1.807) is 11.3 Å². The standard InChI is InChI=1S/C18H19NO3S2/c20-16(12-23-11-15-7-4-10-24-15)22-17(13-5-2-1-3-6-13)18(21)19-14-8-9-14/h1-7,10,14,17H,8-9,11-12H2,(H,19,21)/t17-/m1/s1. The van der Waals surface area contributed by atoms with E-state index in [0.717, 1.165) is 18.6 Å². The third kappa shape index (κ3) is 5.11. The summed E-state index contributed by atoms with van der Waals surface area (Å²) in [6.07, 6.45) is 1.12. The van der Waals surface area contributed by atoms with Crippen molar-refractivity contribution in [3.8, 4) is 0 Å². The van der Waals surface area contributed by atoms with Crippen LogP contribution in [0.4, 0.5) is 0 Å². The van der Waals surface area contributed by atoms with Crippen LogP contribution in [0.15, 0.2) is 47.8 Å². The molecule has 1 amide bonds. The molecule has 4 nitrogen and oxygen atoms in total. The number of rotatable bonds is 8. The number of carbonyl (C=O) groups excluding carboxylic acids is 2. The van der Waals surface area contributed by atoms with Gasteiger partial charge < -0.3 is 10.1 Å². The Hall–Kier alpha value is -1.79. The largest absolute Gasteiger partial charge is 0.447 e. The van der Waals surface area contributed by atoms with Crippen molar-refractivity contribution in [3.05, 3.63) is 58.3 Å². The maximum absolute atomic E-state index is 12.4. The molecule has 1 fully saturated rings. The van der Waals surface area contributed by atoms with Crippen LogP contribution in [0.25, 0.3) is 0 Å². The SMILES string of the molecule is O=C(CSCc1cccs1)O[C@@H](C(=O)NC1CC1)c1ccccc1. The number of benzene rings is 1. The lowest BCUT2D eigenvalue weighted by Crippen LogP contribution is -2.33. The molecule has 1 heterocycles. The Morgan fingerprint density at radius 3 is 2.67 bits per heavy atom. The first kappa shape index (κ1) is 17.0. The molecule has 1 atom stereocenters. The van der Waals surface area contributed by atoms with Gasteiger partial charge in [0.05, 0.1) is 5.75 Å². The average Bonchev–Trinajstić information content (AvgIpc) is 3.25. The highest BCUT2D eigenvalue weighted by Gasteiger charge is 2.30. The molecule has 0 saturated heterocycles. The minimum atomic E-state index is -0.873. The number of hydrogen-bond donors (Lipinski definition) is 1. The molecule has 2 aromatic rings. The van der Waals surface area contributed by atoms with E-state index in [2.05, 4.69) is 5.32 Å². The number of esters is 1. The Kier molecular flexibility index (Phi) is 5.93. The van der Waals surface area contributed by atoms with E-state index < -0.39 is 6.10 Å². The first-order valence-electron chi connectivity index (χ1n) is 7.87. The lowest BCUT2D eigenvalue weighted by Gasteiger charge is -2.18. The van der Waals surface area contributed by atoms with Gasteiger partial charge in [0.2, 0.25) is 6.10 Å². The second-order valence-corrected chi connectivity index (χ2v) is 7.65. The summed E-state index contributed by atoms with van der Waals surface area (Å²) in [5.41, 5.74) is 0.701. The molecular weight excluding hydrogens is 342 g/mol. The molecule has 3 rings (SSSR count). The number of nitrogens with one attached hydrogen (secondary N) is 1. The Balaban J connectivity index is 1.56. The van der Waals surface area contributed by atoms with E-state index in [9.17, 15) is 9.59 Å². The van der Waals surface area contributed by atoms with Crippen molar-refractivity contribution in [1.29, 1.82) is 0 Å². The Labute approximate surface area is 149 Å². The van der Waals surface area contributed by atoms with Crippen LogP contribution in [0.3, 0.4) is 0 Å². The van der Waals surface area contributed by atoms with E-state index in [1.165, 1.54) is 16.6 Å². The first-order valence-corrected chi connectivity index (χ1v) is 9.91. The number of amides is 1. The summed E-state index contributed by atoms with van der Waals surface area (Å²) in [5, 5.41) is 4.93. The zero-order valence-corrected chi connectivity index (χ0v) is 14.8. The minimum absolute atomic E-state index is 0.232. The molecule has 1 aromatic carbocycles. The molecule has 1 aromatic heterocycles. The first-order chi connectivity index (χ1) is 11.7. The van der Waals surface area contributed by atoms with Crippen molar-refractivity contribution in [1.82, 2.24) is 5.32 Å². The van der Waals surface area contributed by atoms with Crippen LogP contribution >= 0.6 is 23.1 Å². The summed E-state index contributed by atoms with van der Waals surface area (Å²) < 4.78 is 5.48. The van der Waals surface area contributed by atoms with Gasteiger partial charge in [-0.25, -0.2) is 0 Å². The molecular formula is C18H19NO3S2. The normalized spacial score (nSPS) is 14.8. The molecule has 1 N–H and O–H groups in total. The quantitative estimate of drug-likeness (QED) is 0.731. The molecule has 1 aliphatic carbocycles. The van der Waals surface area contributed by atoms with Gasteiger partial charge in [-0.15, -0.1) is 23.1 Å².